The van der Waals surface area contributed by atoms with Gasteiger partial charge in [-0.1, -0.05) is 0 Å². The van der Waals surface area contributed by atoms with Crippen molar-refractivity contribution in [1.82, 2.24) is 4.90 Å². The number of hydrogen-bond acceptors (Lipinski definition) is 5. The number of rotatable bonds is 2. The highest BCUT2D eigenvalue weighted by Crippen LogP contribution is 2.46. The van der Waals surface area contributed by atoms with Crippen LogP contribution in [-0.2, 0) is 14.3 Å². The Morgan fingerprint density at radius 1 is 1.36 bits per heavy atom. The molecule has 25 heavy (non-hydrogen) atoms. The van der Waals surface area contributed by atoms with Gasteiger partial charge in [0.1, 0.15) is 6.10 Å². The smallest absolute Gasteiger partial charge is 0.303 e. The summed E-state index contributed by atoms with van der Waals surface area (Å²) < 4.78 is 5.54. The van der Waals surface area contributed by atoms with Crippen LogP contribution in [0.1, 0.15) is 61.1 Å². The maximum atomic E-state index is 13.0. The van der Waals surface area contributed by atoms with Gasteiger partial charge in [-0.15, -0.1) is 0 Å². The highest BCUT2D eigenvalue weighted by molar-refractivity contribution is 6.04. The van der Waals surface area contributed by atoms with E-state index in [0.717, 1.165) is 6.42 Å². The highest BCUT2D eigenvalue weighted by atomic mass is 16.5. The lowest BCUT2D eigenvalue weighted by Crippen LogP contribution is -2.53. The van der Waals surface area contributed by atoms with Crippen molar-refractivity contribution in [1.29, 1.82) is 5.26 Å². The highest BCUT2D eigenvalue weighted by Gasteiger charge is 2.53. The summed E-state index contributed by atoms with van der Waals surface area (Å²) in [6.07, 6.45) is 0.371. The number of nitriles is 1. The Morgan fingerprint density at radius 3 is 2.64 bits per heavy atom. The number of esters is 1. The van der Waals surface area contributed by atoms with E-state index in [2.05, 4.69) is 6.07 Å². The second-order valence-corrected chi connectivity index (χ2v) is 7.13. The number of carbonyl (C=O) groups excluding carboxylic acids is 3. The van der Waals surface area contributed by atoms with E-state index in [1.807, 2.05) is 0 Å². The zero-order valence-corrected chi connectivity index (χ0v) is 14.5. The minimum absolute atomic E-state index is 0.0272. The van der Waals surface area contributed by atoms with Gasteiger partial charge in [-0.25, -0.2) is 0 Å². The first kappa shape index (κ1) is 17.2. The molecule has 0 aromatic heterocycles. The van der Waals surface area contributed by atoms with Crippen molar-refractivity contribution < 1.29 is 19.1 Å². The van der Waals surface area contributed by atoms with Crippen LogP contribution in [0.5, 0.6) is 0 Å². The molecule has 1 amide bonds. The number of likely N-dealkylation sites (tertiary alicyclic amines) is 1. The van der Waals surface area contributed by atoms with E-state index in [-0.39, 0.29) is 11.7 Å². The van der Waals surface area contributed by atoms with Crippen molar-refractivity contribution in [2.75, 3.05) is 6.54 Å². The van der Waals surface area contributed by atoms with Crippen molar-refractivity contribution in [3.05, 3.63) is 34.9 Å². The van der Waals surface area contributed by atoms with E-state index >= 15 is 0 Å². The topological polar surface area (TPSA) is 87.5 Å². The second kappa shape index (κ2) is 5.99. The van der Waals surface area contributed by atoms with Gasteiger partial charge in [0.2, 0.25) is 5.91 Å². The summed E-state index contributed by atoms with van der Waals surface area (Å²) in [6.45, 7) is 5.31. The number of fused-ring (bicyclic) bond motifs is 1. The first-order valence-corrected chi connectivity index (χ1v) is 8.33. The molecule has 130 valence electrons. The zero-order valence-electron chi connectivity index (χ0n) is 14.5. The number of ether oxygens (including phenoxy) is 1. The maximum absolute atomic E-state index is 13.0. The molecule has 1 fully saturated rings. The number of amides is 1. The van der Waals surface area contributed by atoms with Crippen LogP contribution in [0.15, 0.2) is 18.2 Å². The van der Waals surface area contributed by atoms with Crippen molar-refractivity contribution in [3.8, 4) is 6.07 Å². The fourth-order valence-electron chi connectivity index (χ4n) is 3.80. The minimum Gasteiger partial charge on any atom is -0.459 e. The predicted molar refractivity (Wildman–Crippen MR) is 88.5 cm³/mol. The Balaban J connectivity index is 2.23. The van der Waals surface area contributed by atoms with Gasteiger partial charge < -0.3 is 9.64 Å². The van der Waals surface area contributed by atoms with Gasteiger partial charge in [0.25, 0.3) is 0 Å². The predicted octanol–water partition coefficient (Wildman–Crippen LogP) is 2.38. The fraction of sp³-hybridized carbons (Fsp3) is 0.474. The molecule has 6 heteroatoms. The number of hydrogen-bond donors (Lipinski definition) is 0. The molecule has 0 bridgehead atoms. The normalized spacial score (nSPS) is 24.6. The molecule has 2 aliphatic rings. The lowest BCUT2D eigenvalue weighted by molar-refractivity contribution is -0.160. The van der Waals surface area contributed by atoms with E-state index in [1.54, 1.807) is 36.9 Å². The molecule has 1 saturated heterocycles. The molecule has 3 rings (SSSR count). The lowest BCUT2D eigenvalue weighted by Gasteiger charge is -2.45. The molecule has 0 saturated carbocycles. The molecular weight excluding hydrogens is 320 g/mol. The second-order valence-electron chi connectivity index (χ2n) is 7.13. The molecule has 2 atom stereocenters. The molecule has 1 aromatic rings. The third-order valence-electron chi connectivity index (χ3n) is 5.07. The first-order chi connectivity index (χ1) is 11.8. The van der Waals surface area contributed by atoms with Crippen LogP contribution in [0.4, 0.5) is 0 Å². The Kier molecular flexibility index (Phi) is 4.11. The van der Waals surface area contributed by atoms with Crippen LogP contribution in [-0.4, -0.2) is 35.2 Å². The lowest BCUT2D eigenvalue weighted by atomic mass is 9.68. The van der Waals surface area contributed by atoms with Crippen LogP contribution in [0.2, 0.25) is 0 Å². The van der Waals surface area contributed by atoms with Crippen LogP contribution >= 0.6 is 0 Å². The van der Waals surface area contributed by atoms with Gasteiger partial charge in [-0.05, 0) is 44.0 Å². The van der Waals surface area contributed by atoms with Crippen LogP contribution in [0, 0.1) is 16.7 Å². The SMILES string of the molecule is CC(=O)O[C@H]1[C@H](N2CCCC2=O)c2cc(C#N)ccc2C(=O)C1(C)C. The van der Waals surface area contributed by atoms with Gasteiger partial charge in [0, 0.05) is 25.5 Å². The number of carbonyl (C=O) groups is 3. The summed E-state index contributed by atoms with van der Waals surface area (Å²) in [5.41, 5.74) is 0.506. The van der Waals surface area contributed by atoms with E-state index < -0.39 is 23.5 Å². The van der Waals surface area contributed by atoms with Crippen LogP contribution in [0.25, 0.3) is 0 Å². The summed E-state index contributed by atoms with van der Waals surface area (Å²) in [4.78, 5) is 38.8. The number of benzene rings is 1. The molecule has 0 unspecified atom stereocenters. The number of ketones is 1. The number of nitrogens with zero attached hydrogens (tertiary/aromatic N) is 2. The van der Waals surface area contributed by atoms with Gasteiger partial charge in [-0.3, -0.25) is 14.4 Å². The Hall–Kier alpha value is -2.68. The summed E-state index contributed by atoms with van der Waals surface area (Å²) in [5, 5.41) is 9.22. The molecule has 1 aliphatic carbocycles. The summed E-state index contributed by atoms with van der Waals surface area (Å²) in [7, 11) is 0. The average Bonchev–Trinajstić information content (AvgIpc) is 2.98. The monoisotopic (exact) mass is 340 g/mol. The van der Waals surface area contributed by atoms with Crippen molar-refractivity contribution in [2.24, 2.45) is 5.41 Å². The quantitative estimate of drug-likeness (QED) is 0.771. The minimum atomic E-state index is -0.972. The van der Waals surface area contributed by atoms with E-state index in [4.69, 9.17) is 4.74 Å². The molecular formula is C19H20N2O4. The summed E-state index contributed by atoms with van der Waals surface area (Å²) in [5.74, 6) is -0.677. The van der Waals surface area contributed by atoms with Gasteiger partial charge >= 0.3 is 5.97 Å². The van der Waals surface area contributed by atoms with E-state index in [9.17, 15) is 19.6 Å². The van der Waals surface area contributed by atoms with Gasteiger partial charge in [0.05, 0.1) is 23.1 Å². The average molecular weight is 340 g/mol. The molecule has 6 nitrogen and oxygen atoms in total. The zero-order chi connectivity index (χ0) is 18.4. The Bertz CT molecular complexity index is 806. The van der Waals surface area contributed by atoms with Crippen molar-refractivity contribution in [2.45, 2.75) is 45.8 Å². The third kappa shape index (κ3) is 2.70. The molecule has 0 radical (unpaired) electrons. The fourth-order valence-corrected chi connectivity index (χ4v) is 3.80. The molecule has 1 heterocycles. The Morgan fingerprint density at radius 2 is 2.08 bits per heavy atom. The van der Waals surface area contributed by atoms with Crippen molar-refractivity contribution in [3.63, 3.8) is 0 Å². The first-order valence-electron chi connectivity index (χ1n) is 8.33. The van der Waals surface area contributed by atoms with Crippen LogP contribution < -0.4 is 0 Å². The molecule has 1 aromatic carbocycles. The third-order valence-corrected chi connectivity index (χ3v) is 5.07. The summed E-state index contributed by atoms with van der Waals surface area (Å²) >= 11 is 0. The maximum Gasteiger partial charge on any atom is 0.303 e. The molecule has 0 N–H and O–H groups in total. The van der Waals surface area contributed by atoms with Gasteiger partial charge in [-0.2, -0.15) is 5.26 Å². The van der Waals surface area contributed by atoms with Crippen LogP contribution in [0.3, 0.4) is 0 Å². The molecule has 1 aliphatic heterocycles. The van der Waals surface area contributed by atoms with Crippen molar-refractivity contribution >= 4 is 17.7 Å². The Labute approximate surface area is 146 Å². The largest absolute Gasteiger partial charge is 0.459 e. The standard InChI is InChI=1S/C19H20N2O4/c1-11(22)25-18-16(21-8-4-5-15(21)23)14-9-12(10-20)6-7-13(14)17(24)19(18,2)3/h6-7,9,16,18H,4-5,8H2,1-3H3/t16-,18+/m1/s1. The molecule has 0 spiro atoms. The summed E-state index contributed by atoms with van der Waals surface area (Å²) in [6, 6.07) is 6.38. The van der Waals surface area contributed by atoms with E-state index in [1.165, 1.54) is 6.92 Å². The van der Waals surface area contributed by atoms with E-state index in [0.29, 0.717) is 29.7 Å². The van der Waals surface area contributed by atoms with Gasteiger partial charge in [0.15, 0.2) is 5.78 Å². The number of Topliss-reactive ketones (excluding diaryl/α,β-unsaturated/α-hetero) is 1.